The van der Waals surface area contributed by atoms with E-state index in [4.69, 9.17) is 9.47 Å². The molecule has 0 aromatic carbocycles. The molecule has 1 saturated carbocycles. The first-order valence-corrected chi connectivity index (χ1v) is 6.55. The highest BCUT2D eigenvalue weighted by Crippen LogP contribution is 2.29. The third kappa shape index (κ3) is 4.14. The van der Waals surface area contributed by atoms with Crippen molar-refractivity contribution in [2.45, 2.75) is 32.8 Å². The van der Waals surface area contributed by atoms with Gasteiger partial charge < -0.3 is 14.8 Å². The molecule has 0 saturated heterocycles. The maximum absolute atomic E-state index is 5.69. The van der Waals surface area contributed by atoms with E-state index in [2.05, 4.69) is 22.2 Å². The third-order valence-electron chi connectivity index (χ3n) is 2.74. The zero-order valence-corrected chi connectivity index (χ0v) is 11.1. The van der Waals surface area contributed by atoms with E-state index in [1.807, 2.05) is 6.07 Å². The van der Waals surface area contributed by atoms with Crippen molar-refractivity contribution in [2.24, 2.45) is 5.92 Å². The zero-order valence-electron chi connectivity index (χ0n) is 11.1. The maximum Gasteiger partial charge on any atom is 0.218 e. The standard InChI is InChI=1S/C13H21N3O2/c1-3-6-14-11-7-13(18-8-10-4-5-10)16-12(15-11)9-17-2/h7,10H,3-6,8-9H2,1-2H3,(H,14,15,16). The number of aromatic nitrogens is 2. The molecule has 5 heteroatoms. The third-order valence-corrected chi connectivity index (χ3v) is 2.74. The van der Waals surface area contributed by atoms with Crippen LogP contribution in [0.1, 0.15) is 32.0 Å². The van der Waals surface area contributed by atoms with Crippen molar-refractivity contribution in [1.29, 1.82) is 0 Å². The van der Waals surface area contributed by atoms with Gasteiger partial charge in [-0.25, -0.2) is 4.98 Å². The monoisotopic (exact) mass is 251 g/mol. The number of nitrogens with zero attached hydrogens (tertiary/aromatic N) is 2. The van der Waals surface area contributed by atoms with Gasteiger partial charge in [0, 0.05) is 19.7 Å². The summed E-state index contributed by atoms with van der Waals surface area (Å²) >= 11 is 0. The van der Waals surface area contributed by atoms with Crippen molar-refractivity contribution in [1.82, 2.24) is 9.97 Å². The van der Waals surface area contributed by atoms with E-state index < -0.39 is 0 Å². The fraction of sp³-hybridized carbons (Fsp3) is 0.692. The van der Waals surface area contributed by atoms with Crippen molar-refractivity contribution >= 4 is 5.82 Å². The minimum absolute atomic E-state index is 0.404. The summed E-state index contributed by atoms with van der Waals surface area (Å²) in [7, 11) is 1.64. The summed E-state index contributed by atoms with van der Waals surface area (Å²) in [6.07, 6.45) is 3.61. The van der Waals surface area contributed by atoms with E-state index in [-0.39, 0.29) is 0 Å². The van der Waals surface area contributed by atoms with Crippen LogP contribution in [0.2, 0.25) is 0 Å². The van der Waals surface area contributed by atoms with Crippen LogP contribution >= 0.6 is 0 Å². The molecule has 0 unspecified atom stereocenters. The van der Waals surface area contributed by atoms with Gasteiger partial charge in [0.1, 0.15) is 12.4 Å². The number of ether oxygens (including phenoxy) is 2. The average Bonchev–Trinajstić information content (AvgIpc) is 3.18. The van der Waals surface area contributed by atoms with E-state index in [0.717, 1.165) is 31.3 Å². The molecule has 0 atom stereocenters. The lowest BCUT2D eigenvalue weighted by atomic mass is 10.4. The van der Waals surface area contributed by atoms with Gasteiger partial charge in [-0.1, -0.05) is 6.92 Å². The molecule has 2 rings (SSSR count). The van der Waals surface area contributed by atoms with Crippen LogP contribution in [0.25, 0.3) is 0 Å². The number of nitrogens with one attached hydrogen (secondary N) is 1. The lowest BCUT2D eigenvalue weighted by Gasteiger charge is -2.10. The van der Waals surface area contributed by atoms with Gasteiger partial charge in [-0.2, -0.15) is 4.98 Å². The van der Waals surface area contributed by atoms with Crippen LogP contribution in [-0.4, -0.2) is 30.2 Å². The van der Waals surface area contributed by atoms with E-state index in [1.165, 1.54) is 12.8 Å². The second kappa shape index (κ2) is 6.54. The van der Waals surface area contributed by atoms with Crippen LogP contribution in [0.15, 0.2) is 6.07 Å². The van der Waals surface area contributed by atoms with Gasteiger partial charge in [-0.3, -0.25) is 0 Å². The van der Waals surface area contributed by atoms with Crippen molar-refractivity contribution in [3.63, 3.8) is 0 Å². The summed E-state index contributed by atoms with van der Waals surface area (Å²) < 4.78 is 10.8. The van der Waals surface area contributed by atoms with E-state index in [0.29, 0.717) is 18.3 Å². The molecule has 1 fully saturated rings. The Kier molecular flexibility index (Phi) is 4.75. The molecular formula is C13H21N3O2. The summed E-state index contributed by atoms with van der Waals surface area (Å²) in [5, 5.41) is 3.25. The first kappa shape index (κ1) is 13.1. The first-order chi connectivity index (χ1) is 8.81. The number of methoxy groups -OCH3 is 1. The molecule has 0 aliphatic heterocycles. The molecule has 0 radical (unpaired) electrons. The van der Waals surface area contributed by atoms with Crippen molar-refractivity contribution < 1.29 is 9.47 Å². The smallest absolute Gasteiger partial charge is 0.218 e. The second-order valence-corrected chi connectivity index (χ2v) is 4.62. The van der Waals surface area contributed by atoms with Crippen LogP contribution in [0.5, 0.6) is 5.88 Å². The topological polar surface area (TPSA) is 56.3 Å². The Bertz CT molecular complexity index is 380. The molecule has 1 N–H and O–H groups in total. The van der Waals surface area contributed by atoms with Gasteiger partial charge in [0.05, 0.1) is 6.61 Å². The molecule has 1 aromatic rings. The molecule has 1 heterocycles. The molecule has 1 aliphatic carbocycles. The molecule has 18 heavy (non-hydrogen) atoms. The molecule has 0 amide bonds. The highest BCUT2D eigenvalue weighted by atomic mass is 16.5. The molecule has 100 valence electrons. The predicted molar refractivity (Wildman–Crippen MR) is 69.7 cm³/mol. The highest BCUT2D eigenvalue weighted by Gasteiger charge is 2.22. The summed E-state index contributed by atoms with van der Waals surface area (Å²) in [6, 6.07) is 1.86. The lowest BCUT2D eigenvalue weighted by molar-refractivity contribution is 0.176. The Morgan fingerprint density at radius 1 is 1.39 bits per heavy atom. The minimum Gasteiger partial charge on any atom is -0.477 e. The molecule has 5 nitrogen and oxygen atoms in total. The second-order valence-electron chi connectivity index (χ2n) is 4.62. The van der Waals surface area contributed by atoms with Gasteiger partial charge in [-0.05, 0) is 25.2 Å². The normalized spacial score (nSPS) is 14.6. The number of anilines is 1. The Labute approximate surface area is 108 Å². The predicted octanol–water partition coefficient (Wildman–Crippen LogP) is 2.23. The van der Waals surface area contributed by atoms with Crippen LogP contribution in [0, 0.1) is 5.92 Å². The Hall–Kier alpha value is -1.36. The van der Waals surface area contributed by atoms with E-state index >= 15 is 0 Å². The number of rotatable bonds is 8. The van der Waals surface area contributed by atoms with Crippen LogP contribution in [0.4, 0.5) is 5.82 Å². The molecular weight excluding hydrogens is 230 g/mol. The van der Waals surface area contributed by atoms with Crippen LogP contribution < -0.4 is 10.1 Å². The molecule has 0 bridgehead atoms. The first-order valence-electron chi connectivity index (χ1n) is 6.55. The quantitative estimate of drug-likeness (QED) is 0.768. The van der Waals surface area contributed by atoms with Gasteiger partial charge in [0.25, 0.3) is 0 Å². The maximum atomic E-state index is 5.69. The minimum atomic E-state index is 0.404. The van der Waals surface area contributed by atoms with Crippen molar-refractivity contribution in [3.8, 4) is 5.88 Å². The summed E-state index contributed by atoms with van der Waals surface area (Å²) in [5.74, 6) is 2.83. The molecule has 1 aliphatic rings. The average molecular weight is 251 g/mol. The van der Waals surface area contributed by atoms with Crippen LogP contribution in [-0.2, 0) is 11.3 Å². The van der Waals surface area contributed by atoms with Gasteiger partial charge in [0.15, 0.2) is 5.82 Å². The zero-order chi connectivity index (χ0) is 12.8. The molecule has 0 spiro atoms. The fourth-order valence-corrected chi connectivity index (χ4v) is 1.57. The largest absolute Gasteiger partial charge is 0.477 e. The van der Waals surface area contributed by atoms with E-state index in [9.17, 15) is 0 Å². The van der Waals surface area contributed by atoms with Gasteiger partial charge in [0.2, 0.25) is 5.88 Å². The summed E-state index contributed by atoms with van der Waals surface area (Å²) in [4.78, 5) is 8.71. The number of hydrogen-bond acceptors (Lipinski definition) is 5. The van der Waals surface area contributed by atoms with Crippen molar-refractivity contribution in [3.05, 3.63) is 11.9 Å². The van der Waals surface area contributed by atoms with Crippen LogP contribution in [0.3, 0.4) is 0 Å². The van der Waals surface area contributed by atoms with E-state index in [1.54, 1.807) is 7.11 Å². The Morgan fingerprint density at radius 2 is 2.22 bits per heavy atom. The fourth-order valence-electron chi connectivity index (χ4n) is 1.57. The Morgan fingerprint density at radius 3 is 2.89 bits per heavy atom. The molecule has 1 aromatic heterocycles. The summed E-state index contributed by atoms with van der Waals surface area (Å²) in [5.41, 5.74) is 0. The SMILES string of the molecule is CCCNc1cc(OCC2CC2)nc(COC)n1. The Balaban J connectivity index is 2.01. The lowest BCUT2D eigenvalue weighted by Crippen LogP contribution is -2.08. The number of hydrogen-bond donors (Lipinski definition) is 1. The summed E-state index contributed by atoms with van der Waals surface area (Å²) in [6.45, 7) is 4.18. The van der Waals surface area contributed by atoms with Crippen molar-refractivity contribution in [2.75, 3.05) is 25.6 Å². The highest BCUT2D eigenvalue weighted by molar-refractivity contribution is 5.38. The van der Waals surface area contributed by atoms with Gasteiger partial charge >= 0.3 is 0 Å². The van der Waals surface area contributed by atoms with Gasteiger partial charge in [-0.15, -0.1) is 0 Å².